The number of carbonyl (C=O) groups excluding carboxylic acids is 3. The van der Waals surface area contributed by atoms with Crippen LogP contribution in [0.25, 0.3) is 0 Å². The molecule has 0 fully saturated rings. The van der Waals surface area contributed by atoms with Crippen molar-refractivity contribution in [2.75, 3.05) is 26.1 Å². The third kappa shape index (κ3) is 14.6. The molecule has 4 atom stereocenters. The number of aliphatic hydroxyl groups is 1. The number of hydrogen-bond donors (Lipinski definition) is 1. The quantitative estimate of drug-likeness (QED) is 0.118. The molecule has 4 unspecified atom stereocenters. The number of rotatable bonds is 18. The van der Waals surface area contributed by atoms with Crippen molar-refractivity contribution in [1.82, 2.24) is 0 Å². The molecule has 180 valence electrons. The zero-order valence-electron chi connectivity index (χ0n) is 18.5. The lowest BCUT2D eigenvalue weighted by Gasteiger charge is -2.29. The fourth-order valence-corrected chi connectivity index (χ4v) is 7.29. The summed E-state index contributed by atoms with van der Waals surface area (Å²) in [6.45, 7) is 5.44. The van der Waals surface area contributed by atoms with Crippen molar-refractivity contribution in [2.45, 2.75) is 59.0 Å². The first kappa shape index (κ1) is 30.9. The molecule has 31 heavy (non-hydrogen) atoms. The number of hydrogen-bond acceptors (Lipinski definition) is 11. The van der Waals surface area contributed by atoms with E-state index in [1.54, 1.807) is 13.8 Å². The molecule has 0 rings (SSSR count). The number of aliphatic hydroxyl groups excluding tert-OH is 1. The molecule has 0 bridgehead atoms. The standard InChI is InChI=1S/C17H32O10P3S/c1-13(18)31-11-7-9-14(19)8-6-10-15(20)16(21)17(2,3)12-25-30(23,27-29(5)22)28-26-24-4/h16,21,28H,6-12H2,1-5H3/q+1. The average Bonchev–Trinajstić information content (AvgIpc) is 2.67. The van der Waals surface area contributed by atoms with E-state index >= 15 is 0 Å². The van der Waals surface area contributed by atoms with Crippen LogP contribution < -0.4 is 0 Å². The van der Waals surface area contributed by atoms with Crippen LogP contribution in [-0.2, 0) is 41.9 Å². The van der Waals surface area contributed by atoms with E-state index in [2.05, 4.69) is 9.56 Å². The zero-order chi connectivity index (χ0) is 24.1. The van der Waals surface area contributed by atoms with Crippen molar-refractivity contribution in [3.8, 4) is 0 Å². The van der Waals surface area contributed by atoms with Crippen LogP contribution in [0, 0.1) is 5.41 Å². The Morgan fingerprint density at radius 1 is 1.19 bits per heavy atom. The normalized spacial score (nSPS) is 15.6. The molecule has 0 aromatic carbocycles. The summed E-state index contributed by atoms with van der Waals surface area (Å²) in [7, 11) is -5.84. The Kier molecular flexibility index (Phi) is 15.7. The summed E-state index contributed by atoms with van der Waals surface area (Å²) in [5, 5.41) is 10.4. The minimum absolute atomic E-state index is 0.0000605. The van der Waals surface area contributed by atoms with Crippen LogP contribution in [0.15, 0.2) is 0 Å². The minimum Gasteiger partial charge on any atom is -0.385 e. The highest BCUT2D eigenvalue weighted by Crippen LogP contribution is 2.70. The van der Waals surface area contributed by atoms with Gasteiger partial charge in [0.1, 0.15) is 11.9 Å². The molecule has 0 radical (unpaired) electrons. The highest BCUT2D eigenvalue weighted by atomic mass is 32.2. The van der Waals surface area contributed by atoms with Crippen LogP contribution >= 0.6 is 35.6 Å². The molecule has 0 aromatic rings. The Morgan fingerprint density at radius 2 is 1.81 bits per heavy atom. The first-order valence-corrected chi connectivity index (χ1v) is 15.4. The summed E-state index contributed by atoms with van der Waals surface area (Å²) >= 11 is 1.17. The molecule has 0 spiro atoms. The van der Waals surface area contributed by atoms with Crippen molar-refractivity contribution in [1.29, 1.82) is 0 Å². The zero-order valence-corrected chi connectivity index (χ0v) is 22.1. The molecule has 0 heterocycles. The predicted molar refractivity (Wildman–Crippen MR) is 121 cm³/mol. The Labute approximate surface area is 190 Å². The van der Waals surface area contributed by atoms with Crippen LogP contribution in [0.3, 0.4) is 0 Å². The van der Waals surface area contributed by atoms with Crippen LogP contribution in [-0.4, -0.2) is 54.0 Å². The van der Waals surface area contributed by atoms with Crippen molar-refractivity contribution in [2.24, 2.45) is 5.41 Å². The monoisotopic (exact) mass is 521 g/mol. The maximum absolute atomic E-state index is 12.6. The van der Waals surface area contributed by atoms with Gasteiger partial charge in [-0.1, -0.05) is 29.9 Å². The first-order chi connectivity index (χ1) is 14.3. The van der Waals surface area contributed by atoms with Gasteiger partial charge in [-0.2, -0.15) is 0 Å². The largest absolute Gasteiger partial charge is 0.513 e. The van der Waals surface area contributed by atoms with Gasteiger partial charge in [-0.05, 0) is 17.4 Å². The van der Waals surface area contributed by atoms with Gasteiger partial charge in [-0.3, -0.25) is 14.4 Å². The van der Waals surface area contributed by atoms with E-state index < -0.39 is 41.1 Å². The molecular weight excluding hydrogens is 489 g/mol. The Morgan fingerprint density at radius 3 is 2.35 bits per heavy atom. The molecule has 0 aliphatic rings. The molecule has 0 aromatic heterocycles. The number of ketones is 2. The third-order valence-corrected chi connectivity index (χ3v) is 9.52. The molecular formula is C17H32O10P3S+. The number of thioether (sulfide) groups is 1. The first-order valence-electron chi connectivity index (χ1n) is 9.51. The predicted octanol–water partition coefficient (Wildman–Crippen LogP) is 4.43. The molecule has 0 aliphatic carbocycles. The van der Waals surface area contributed by atoms with Crippen molar-refractivity contribution in [3.05, 3.63) is 0 Å². The second-order valence-electron chi connectivity index (χ2n) is 7.33. The van der Waals surface area contributed by atoms with E-state index in [9.17, 15) is 28.6 Å². The highest BCUT2D eigenvalue weighted by Gasteiger charge is 2.40. The van der Waals surface area contributed by atoms with Crippen LogP contribution in [0.1, 0.15) is 52.9 Å². The average molecular weight is 521 g/mol. The summed E-state index contributed by atoms with van der Waals surface area (Å²) in [6, 6.07) is 0. The van der Waals surface area contributed by atoms with E-state index in [1.807, 2.05) is 0 Å². The molecule has 14 heteroatoms. The van der Waals surface area contributed by atoms with Gasteiger partial charge in [-0.25, -0.2) is 14.1 Å². The number of carbonyl (C=O) groups is 3. The summed E-state index contributed by atoms with van der Waals surface area (Å²) in [5.74, 6) is 0.115. The lowest BCUT2D eigenvalue weighted by molar-refractivity contribution is -0.164. The second kappa shape index (κ2) is 15.7. The lowest BCUT2D eigenvalue weighted by Crippen LogP contribution is -2.39. The van der Waals surface area contributed by atoms with Gasteiger partial charge in [0.05, 0.1) is 13.7 Å². The molecule has 0 amide bonds. The molecule has 1 N–H and O–H groups in total. The SMILES string of the molecule is COOPP(=O)(OCC(C)(C)C(O)C(=O)CCCC(=O)CCCSC(C)=O)O[P+](C)=O. The number of Topliss-reactive ketones (excluding diaryl/α,β-unsaturated/α-hetero) is 2. The van der Waals surface area contributed by atoms with Gasteiger partial charge in [0.15, 0.2) is 26.1 Å². The summed E-state index contributed by atoms with van der Waals surface area (Å²) < 4.78 is 38.6. The fraction of sp³-hybridized carbons (Fsp3) is 0.824. The van der Waals surface area contributed by atoms with Gasteiger partial charge in [0.25, 0.3) is 0 Å². The van der Waals surface area contributed by atoms with E-state index in [4.69, 9.17) is 8.83 Å². The Balaban J connectivity index is 4.53. The Bertz CT molecular complexity index is 671. The molecule has 0 saturated heterocycles. The van der Waals surface area contributed by atoms with E-state index in [1.165, 1.54) is 32.5 Å². The van der Waals surface area contributed by atoms with Crippen molar-refractivity contribution >= 4 is 52.3 Å². The maximum atomic E-state index is 12.6. The minimum atomic E-state index is -3.91. The van der Waals surface area contributed by atoms with Crippen LogP contribution in [0.4, 0.5) is 0 Å². The van der Waals surface area contributed by atoms with Crippen molar-refractivity contribution < 1.29 is 47.0 Å². The van der Waals surface area contributed by atoms with Crippen molar-refractivity contribution in [3.63, 3.8) is 0 Å². The van der Waals surface area contributed by atoms with Gasteiger partial charge in [0, 0.05) is 37.4 Å². The van der Waals surface area contributed by atoms with Gasteiger partial charge in [0.2, 0.25) is 0 Å². The smallest absolute Gasteiger partial charge is 0.385 e. The van der Waals surface area contributed by atoms with E-state index in [0.29, 0.717) is 25.0 Å². The summed E-state index contributed by atoms with van der Waals surface area (Å²) in [4.78, 5) is 39.4. The van der Waals surface area contributed by atoms with Gasteiger partial charge < -0.3 is 9.63 Å². The van der Waals surface area contributed by atoms with Gasteiger partial charge in [-0.15, -0.1) is 0 Å². The lowest BCUT2D eigenvalue weighted by atomic mass is 9.84. The van der Waals surface area contributed by atoms with Crippen LogP contribution in [0.2, 0.25) is 0 Å². The Hall–Kier alpha value is -0.0800. The fourth-order valence-electron chi connectivity index (χ4n) is 2.27. The maximum Gasteiger partial charge on any atom is 0.513 e. The van der Waals surface area contributed by atoms with Crippen LogP contribution in [0.5, 0.6) is 0 Å². The summed E-state index contributed by atoms with van der Waals surface area (Å²) in [6.07, 6.45) is 0.0278. The summed E-state index contributed by atoms with van der Waals surface area (Å²) in [5.41, 5.74) is -1.12. The van der Waals surface area contributed by atoms with E-state index in [0.717, 1.165) is 0 Å². The molecule has 0 saturated carbocycles. The van der Waals surface area contributed by atoms with Gasteiger partial charge >= 0.3 is 15.3 Å². The topological polar surface area (TPSA) is 142 Å². The third-order valence-electron chi connectivity index (χ3n) is 3.89. The second-order valence-corrected chi connectivity index (χ2v) is 13.9. The highest BCUT2D eigenvalue weighted by molar-refractivity contribution is 8.19. The molecule has 10 nitrogen and oxygen atoms in total. The van der Waals surface area contributed by atoms with E-state index in [-0.39, 0.29) is 30.3 Å². The molecule has 0 aliphatic heterocycles.